The van der Waals surface area contributed by atoms with Gasteiger partial charge < -0.3 is 10.0 Å². The largest absolute Gasteiger partial charge is 0.478 e. The Kier molecular flexibility index (Phi) is 5.86. The van der Waals surface area contributed by atoms with Crippen molar-refractivity contribution in [2.24, 2.45) is 0 Å². The number of aromatic carboxylic acids is 1. The Bertz CT molecular complexity index is 902. The van der Waals surface area contributed by atoms with Crippen LogP contribution < -0.4 is 9.62 Å². The number of aryl methyl sites for hydroxylation is 2. The number of nitrogens with one attached hydrogen (secondary N) is 1. The first-order chi connectivity index (χ1) is 12.2. The molecule has 0 bridgehead atoms. The molecule has 0 saturated heterocycles. The van der Waals surface area contributed by atoms with Crippen molar-refractivity contribution in [3.63, 3.8) is 0 Å². The number of carboxylic acids is 1. The predicted molar refractivity (Wildman–Crippen MR) is 101 cm³/mol. The molecule has 2 N–H and O–H groups in total. The van der Waals surface area contributed by atoms with E-state index in [0.717, 1.165) is 11.1 Å². The van der Waals surface area contributed by atoms with E-state index in [9.17, 15) is 18.3 Å². The zero-order valence-electron chi connectivity index (χ0n) is 15.3. The Morgan fingerprint density at radius 2 is 1.69 bits per heavy atom. The zero-order chi connectivity index (χ0) is 19.5. The molecule has 1 aromatic heterocycles. The molecule has 0 aliphatic carbocycles. The van der Waals surface area contributed by atoms with Crippen molar-refractivity contribution in [1.82, 2.24) is 4.98 Å². The van der Waals surface area contributed by atoms with Gasteiger partial charge in [-0.1, -0.05) is 6.07 Å². The number of pyridine rings is 1. The van der Waals surface area contributed by atoms with Crippen molar-refractivity contribution in [2.75, 3.05) is 22.7 Å². The molecule has 0 aliphatic rings. The molecule has 140 valence electrons. The van der Waals surface area contributed by atoms with E-state index in [0.29, 0.717) is 18.9 Å². The van der Waals surface area contributed by atoms with Gasteiger partial charge in [0.25, 0.3) is 10.0 Å². The highest BCUT2D eigenvalue weighted by Gasteiger charge is 2.21. The quantitative estimate of drug-likeness (QED) is 0.769. The number of hydrogen-bond donors (Lipinski definition) is 2. The van der Waals surface area contributed by atoms with Crippen LogP contribution in [0.4, 0.5) is 11.5 Å². The van der Waals surface area contributed by atoms with E-state index in [-0.39, 0.29) is 16.1 Å². The summed E-state index contributed by atoms with van der Waals surface area (Å²) in [5.41, 5.74) is 1.71. The third-order valence-electron chi connectivity index (χ3n) is 3.93. The number of nitrogens with zero attached hydrogens (tertiary/aromatic N) is 2. The van der Waals surface area contributed by atoms with E-state index < -0.39 is 16.0 Å². The lowest BCUT2D eigenvalue weighted by atomic mass is 10.2. The highest BCUT2D eigenvalue weighted by Crippen LogP contribution is 2.27. The number of rotatable bonds is 7. The second kappa shape index (κ2) is 7.74. The van der Waals surface area contributed by atoms with Crippen LogP contribution in [0.5, 0.6) is 0 Å². The van der Waals surface area contributed by atoms with Crippen LogP contribution in [0.2, 0.25) is 0 Å². The van der Waals surface area contributed by atoms with Gasteiger partial charge >= 0.3 is 5.97 Å². The van der Waals surface area contributed by atoms with Gasteiger partial charge in [0.15, 0.2) is 5.82 Å². The fourth-order valence-corrected chi connectivity index (χ4v) is 3.96. The van der Waals surface area contributed by atoms with Gasteiger partial charge in [0, 0.05) is 19.3 Å². The Morgan fingerprint density at radius 3 is 2.19 bits per heavy atom. The molecule has 0 spiro atoms. The number of carbonyl (C=O) groups is 1. The van der Waals surface area contributed by atoms with Gasteiger partial charge in [-0.25, -0.2) is 18.2 Å². The molecule has 0 atom stereocenters. The van der Waals surface area contributed by atoms with Gasteiger partial charge in [0.05, 0.1) is 16.1 Å². The van der Waals surface area contributed by atoms with Crippen molar-refractivity contribution < 1.29 is 18.3 Å². The summed E-state index contributed by atoms with van der Waals surface area (Å²) in [4.78, 5) is 17.4. The van der Waals surface area contributed by atoms with Crippen molar-refractivity contribution in [2.45, 2.75) is 32.6 Å². The minimum Gasteiger partial charge on any atom is -0.478 e. The summed E-state index contributed by atoms with van der Waals surface area (Å²) in [7, 11) is -3.88. The number of anilines is 2. The second-order valence-electron chi connectivity index (χ2n) is 6.00. The fourth-order valence-electron chi connectivity index (χ4n) is 2.72. The van der Waals surface area contributed by atoms with E-state index in [2.05, 4.69) is 9.71 Å². The number of benzene rings is 1. The summed E-state index contributed by atoms with van der Waals surface area (Å²) in [6.45, 7) is 8.68. The highest BCUT2D eigenvalue weighted by atomic mass is 32.2. The second-order valence-corrected chi connectivity index (χ2v) is 7.68. The molecule has 0 fully saturated rings. The first-order valence-electron chi connectivity index (χ1n) is 8.27. The predicted octanol–water partition coefficient (Wildman–Crippen LogP) is 3.04. The Labute approximate surface area is 153 Å². The average Bonchev–Trinajstić information content (AvgIpc) is 2.55. The molecule has 7 nitrogen and oxygen atoms in total. The number of aromatic nitrogens is 1. The van der Waals surface area contributed by atoms with Crippen LogP contribution in [0, 0.1) is 13.8 Å². The lowest BCUT2D eigenvalue weighted by molar-refractivity contribution is 0.0696. The molecule has 0 amide bonds. The van der Waals surface area contributed by atoms with Crippen LogP contribution in [0.15, 0.2) is 35.4 Å². The molecule has 0 saturated carbocycles. The van der Waals surface area contributed by atoms with Crippen molar-refractivity contribution in [3.8, 4) is 0 Å². The first-order valence-corrected chi connectivity index (χ1v) is 9.75. The van der Waals surface area contributed by atoms with Gasteiger partial charge in [0.2, 0.25) is 0 Å². The molecule has 2 aromatic rings. The molecule has 1 aromatic carbocycles. The van der Waals surface area contributed by atoms with Crippen molar-refractivity contribution in [3.05, 3.63) is 47.2 Å². The van der Waals surface area contributed by atoms with Crippen LogP contribution >= 0.6 is 0 Å². The number of hydrogen-bond acceptors (Lipinski definition) is 5. The maximum Gasteiger partial charge on any atom is 0.337 e. The number of sulfonamides is 1. The normalized spacial score (nSPS) is 11.2. The van der Waals surface area contributed by atoms with Gasteiger partial charge in [-0.3, -0.25) is 4.72 Å². The molecule has 1 heterocycles. The van der Waals surface area contributed by atoms with Gasteiger partial charge in [0.1, 0.15) is 0 Å². The summed E-state index contributed by atoms with van der Waals surface area (Å²) < 4.78 is 28.2. The van der Waals surface area contributed by atoms with E-state index in [1.807, 2.05) is 38.7 Å². The maximum absolute atomic E-state index is 12.8. The van der Waals surface area contributed by atoms with Crippen LogP contribution in [0.3, 0.4) is 0 Å². The van der Waals surface area contributed by atoms with Crippen LogP contribution in [-0.2, 0) is 10.0 Å². The van der Waals surface area contributed by atoms with Gasteiger partial charge in [-0.05, 0) is 57.0 Å². The van der Waals surface area contributed by atoms with E-state index in [4.69, 9.17) is 0 Å². The van der Waals surface area contributed by atoms with Crippen molar-refractivity contribution >= 4 is 27.5 Å². The highest BCUT2D eigenvalue weighted by molar-refractivity contribution is 7.92. The van der Waals surface area contributed by atoms with Crippen LogP contribution in [-0.4, -0.2) is 37.6 Å². The third kappa shape index (κ3) is 4.32. The maximum atomic E-state index is 12.8. The summed E-state index contributed by atoms with van der Waals surface area (Å²) in [5.74, 6) is -0.775. The zero-order valence-corrected chi connectivity index (χ0v) is 16.1. The summed E-state index contributed by atoms with van der Waals surface area (Å²) in [5, 5.41) is 9.21. The van der Waals surface area contributed by atoms with E-state index >= 15 is 0 Å². The van der Waals surface area contributed by atoms with Crippen LogP contribution in [0.1, 0.15) is 35.3 Å². The van der Waals surface area contributed by atoms with E-state index in [1.165, 1.54) is 12.3 Å². The molecule has 26 heavy (non-hydrogen) atoms. The minimum absolute atomic E-state index is 0.0842. The monoisotopic (exact) mass is 377 g/mol. The standard InChI is InChI=1S/C18H23N3O4S/c1-5-21(6-2)17-16(10-14(11-19-17)18(22)23)20-26(24,25)15-8-12(3)7-13(4)9-15/h7-11,20H,5-6H2,1-4H3,(H,22,23). The Hall–Kier alpha value is -2.61. The van der Waals surface area contributed by atoms with Crippen molar-refractivity contribution in [1.29, 1.82) is 0 Å². The van der Waals surface area contributed by atoms with Gasteiger partial charge in [-0.15, -0.1) is 0 Å². The SMILES string of the molecule is CCN(CC)c1ncc(C(=O)O)cc1NS(=O)(=O)c1cc(C)cc(C)c1. The third-order valence-corrected chi connectivity index (χ3v) is 5.27. The summed E-state index contributed by atoms with van der Waals surface area (Å²) in [6.07, 6.45) is 1.23. The fraction of sp³-hybridized carbons (Fsp3) is 0.333. The molecular weight excluding hydrogens is 354 g/mol. The lowest BCUT2D eigenvalue weighted by Crippen LogP contribution is -2.25. The number of carboxylic acid groups (broad SMARTS) is 1. The Morgan fingerprint density at radius 1 is 1.12 bits per heavy atom. The summed E-state index contributed by atoms with van der Waals surface area (Å²) >= 11 is 0. The molecular formula is C18H23N3O4S. The Balaban J connectivity index is 2.54. The molecule has 0 radical (unpaired) electrons. The molecule has 8 heteroatoms. The topological polar surface area (TPSA) is 99.6 Å². The van der Waals surface area contributed by atoms with Gasteiger partial charge in [-0.2, -0.15) is 0 Å². The molecule has 2 rings (SSSR count). The average molecular weight is 377 g/mol. The molecule has 0 unspecified atom stereocenters. The molecule has 0 aliphatic heterocycles. The summed E-state index contributed by atoms with van der Waals surface area (Å²) in [6, 6.07) is 6.32. The van der Waals surface area contributed by atoms with E-state index in [1.54, 1.807) is 12.1 Å². The lowest BCUT2D eigenvalue weighted by Gasteiger charge is -2.23. The smallest absolute Gasteiger partial charge is 0.337 e. The van der Waals surface area contributed by atoms with Crippen LogP contribution in [0.25, 0.3) is 0 Å². The minimum atomic E-state index is -3.88. The first kappa shape index (κ1) is 19.7.